The fraction of sp³-hybridized carbons (Fsp3) is 0.200. The standard InChI is InChI=1S/C15H12ClFN4O4/c1-22-20-12(15-21-24-7-6-23-15)9-4-2-3-5-10(9)25-14-11(17)13(16)18-8-19-14/h2-5,8H,6-7H2,1H3/b20-12-. The summed E-state index contributed by atoms with van der Waals surface area (Å²) in [5.74, 6) is -0.847. The molecule has 2 aromatic rings. The number of para-hydroxylation sites is 1. The topological polar surface area (TPSA) is 87.4 Å². The Morgan fingerprint density at radius 3 is 2.88 bits per heavy atom. The third kappa shape index (κ3) is 3.77. The van der Waals surface area contributed by atoms with Crippen LogP contribution >= 0.6 is 11.6 Å². The summed E-state index contributed by atoms with van der Waals surface area (Å²) in [6.07, 6.45) is 1.09. The van der Waals surface area contributed by atoms with Gasteiger partial charge in [0.05, 0.1) is 5.56 Å². The average Bonchev–Trinajstić information content (AvgIpc) is 2.65. The van der Waals surface area contributed by atoms with E-state index in [1.54, 1.807) is 24.3 Å². The van der Waals surface area contributed by atoms with E-state index in [1.807, 2.05) is 0 Å². The van der Waals surface area contributed by atoms with Crippen LogP contribution in [0.1, 0.15) is 5.56 Å². The van der Waals surface area contributed by atoms with Gasteiger partial charge in [0.25, 0.3) is 11.8 Å². The summed E-state index contributed by atoms with van der Waals surface area (Å²) in [6.45, 7) is 0.632. The third-order valence-electron chi connectivity index (χ3n) is 3.01. The molecule has 0 amide bonds. The zero-order valence-electron chi connectivity index (χ0n) is 13.0. The van der Waals surface area contributed by atoms with E-state index in [0.29, 0.717) is 18.8 Å². The molecule has 3 rings (SSSR count). The van der Waals surface area contributed by atoms with Crippen molar-refractivity contribution in [2.45, 2.75) is 0 Å². The second-order valence-electron chi connectivity index (χ2n) is 4.58. The van der Waals surface area contributed by atoms with E-state index < -0.39 is 5.82 Å². The highest BCUT2D eigenvalue weighted by Crippen LogP contribution is 2.28. The minimum atomic E-state index is -0.876. The first-order chi connectivity index (χ1) is 12.2. The zero-order valence-corrected chi connectivity index (χ0v) is 13.7. The lowest BCUT2D eigenvalue weighted by Gasteiger charge is -2.16. The molecule has 0 saturated carbocycles. The number of nitrogens with zero attached hydrogens (tertiary/aromatic N) is 4. The molecule has 1 aromatic carbocycles. The maximum absolute atomic E-state index is 14.0. The van der Waals surface area contributed by atoms with Crippen LogP contribution in [0, 0.1) is 5.82 Å². The normalized spacial score (nSPS) is 14.2. The number of benzene rings is 1. The van der Waals surface area contributed by atoms with Crippen molar-refractivity contribution in [3.8, 4) is 11.6 Å². The van der Waals surface area contributed by atoms with E-state index in [9.17, 15) is 4.39 Å². The predicted molar refractivity (Wildman–Crippen MR) is 86.4 cm³/mol. The Morgan fingerprint density at radius 1 is 1.28 bits per heavy atom. The molecule has 1 aliphatic heterocycles. The molecule has 2 heterocycles. The lowest BCUT2D eigenvalue weighted by molar-refractivity contribution is 0.0672. The maximum Gasteiger partial charge on any atom is 0.280 e. The van der Waals surface area contributed by atoms with Crippen molar-refractivity contribution in [3.05, 3.63) is 47.1 Å². The van der Waals surface area contributed by atoms with Gasteiger partial charge in [-0.05, 0) is 17.3 Å². The van der Waals surface area contributed by atoms with Crippen LogP contribution in [-0.2, 0) is 14.4 Å². The van der Waals surface area contributed by atoms with Gasteiger partial charge in [-0.2, -0.15) is 9.37 Å². The molecular formula is C15H12ClFN4O4. The largest absolute Gasteiger partial charge is 0.470 e. The van der Waals surface area contributed by atoms with E-state index in [0.717, 1.165) is 6.33 Å². The molecule has 1 aromatic heterocycles. The van der Waals surface area contributed by atoms with Crippen LogP contribution in [0.25, 0.3) is 0 Å². The molecular weight excluding hydrogens is 355 g/mol. The van der Waals surface area contributed by atoms with Gasteiger partial charge in [-0.1, -0.05) is 28.9 Å². The smallest absolute Gasteiger partial charge is 0.280 e. The molecule has 0 bridgehead atoms. The molecule has 0 N–H and O–H groups in total. The fourth-order valence-corrected chi connectivity index (χ4v) is 2.10. The van der Waals surface area contributed by atoms with E-state index in [1.165, 1.54) is 7.11 Å². The first kappa shape index (κ1) is 16.9. The molecule has 0 fully saturated rings. The second kappa shape index (κ2) is 7.75. The van der Waals surface area contributed by atoms with Gasteiger partial charge >= 0.3 is 0 Å². The van der Waals surface area contributed by atoms with Crippen molar-refractivity contribution in [3.63, 3.8) is 0 Å². The van der Waals surface area contributed by atoms with Gasteiger partial charge in [-0.3, -0.25) is 0 Å². The average molecular weight is 367 g/mol. The summed E-state index contributed by atoms with van der Waals surface area (Å²) < 4.78 is 25.0. The summed E-state index contributed by atoms with van der Waals surface area (Å²) in [5, 5.41) is 7.37. The van der Waals surface area contributed by atoms with Crippen molar-refractivity contribution < 1.29 is 23.5 Å². The van der Waals surface area contributed by atoms with Crippen molar-refractivity contribution >= 4 is 23.2 Å². The summed E-state index contributed by atoms with van der Waals surface area (Å²) in [7, 11) is 1.37. The quantitative estimate of drug-likeness (QED) is 0.459. The second-order valence-corrected chi connectivity index (χ2v) is 4.94. The van der Waals surface area contributed by atoms with Crippen LogP contribution in [0.5, 0.6) is 11.6 Å². The maximum atomic E-state index is 14.0. The molecule has 8 nitrogen and oxygen atoms in total. The molecule has 0 atom stereocenters. The van der Waals surface area contributed by atoms with E-state index in [-0.39, 0.29) is 28.4 Å². The van der Waals surface area contributed by atoms with E-state index in [2.05, 4.69) is 20.3 Å². The van der Waals surface area contributed by atoms with Gasteiger partial charge < -0.3 is 19.1 Å². The highest BCUT2D eigenvalue weighted by molar-refractivity contribution is 6.45. The van der Waals surface area contributed by atoms with Gasteiger partial charge in [0.1, 0.15) is 25.8 Å². The summed E-state index contributed by atoms with van der Waals surface area (Å²) in [5.41, 5.74) is 0.654. The molecule has 0 saturated heterocycles. The number of ether oxygens (including phenoxy) is 2. The predicted octanol–water partition coefficient (Wildman–Crippen LogP) is 2.77. The lowest BCUT2D eigenvalue weighted by Crippen LogP contribution is -2.25. The summed E-state index contributed by atoms with van der Waals surface area (Å²) in [4.78, 5) is 17.2. The molecule has 10 heteroatoms. The Labute approximate surface area is 146 Å². The van der Waals surface area contributed by atoms with Crippen LogP contribution in [0.15, 0.2) is 40.9 Å². The number of oxime groups is 2. The minimum absolute atomic E-state index is 0.116. The lowest BCUT2D eigenvalue weighted by atomic mass is 10.1. The summed E-state index contributed by atoms with van der Waals surface area (Å²) in [6, 6.07) is 6.71. The van der Waals surface area contributed by atoms with Crippen LogP contribution < -0.4 is 4.74 Å². The summed E-state index contributed by atoms with van der Waals surface area (Å²) >= 11 is 5.65. The number of hydrogen-bond donors (Lipinski definition) is 0. The van der Waals surface area contributed by atoms with Crippen molar-refractivity contribution in [1.82, 2.24) is 9.97 Å². The SMILES string of the molecule is CO/N=C(\C1=NOCCO1)c1ccccc1Oc1ncnc(Cl)c1F. The van der Waals surface area contributed by atoms with Crippen molar-refractivity contribution in [2.75, 3.05) is 20.3 Å². The van der Waals surface area contributed by atoms with Crippen LogP contribution in [-0.4, -0.2) is 41.9 Å². The number of aromatic nitrogens is 2. The highest BCUT2D eigenvalue weighted by atomic mass is 35.5. The molecule has 0 radical (unpaired) electrons. The number of hydrogen-bond acceptors (Lipinski definition) is 8. The molecule has 0 unspecified atom stereocenters. The van der Waals surface area contributed by atoms with Crippen molar-refractivity contribution in [1.29, 1.82) is 0 Å². The van der Waals surface area contributed by atoms with Crippen LogP contribution in [0.2, 0.25) is 5.15 Å². The number of halogens is 2. The van der Waals surface area contributed by atoms with Gasteiger partial charge in [0.2, 0.25) is 5.82 Å². The van der Waals surface area contributed by atoms with Gasteiger partial charge in [-0.25, -0.2) is 4.98 Å². The molecule has 0 spiro atoms. The third-order valence-corrected chi connectivity index (χ3v) is 3.27. The molecule has 25 heavy (non-hydrogen) atoms. The van der Waals surface area contributed by atoms with Crippen LogP contribution in [0.3, 0.4) is 0 Å². The minimum Gasteiger partial charge on any atom is -0.470 e. The molecule has 0 aliphatic carbocycles. The van der Waals surface area contributed by atoms with Crippen LogP contribution in [0.4, 0.5) is 4.39 Å². The Kier molecular flexibility index (Phi) is 5.24. The molecule has 1 aliphatic rings. The Morgan fingerprint density at radius 2 is 2.12 bits per heavy atom. The monoisotopic (exact) mass is 366 g/mol. The van der Waals surface area contributed by atoms with E-state index in [4.69, 9.17) is 30.7 Å². The molecule has 130 valence electrons. The Hall–Kier alpha value is -2.94. The van der Waals surface area contributed by atoms with Gasteiger partial charge in [0, 0.05) is 0 Å². The van der Waals surface area contributed by atoms with Gasteiger partial charge in [-0.15, -0.1) is 0 Å². The van der Waals surface area contributed by atoms with E-state index >= 15 is 0 Å². The Balaban J connectivity index is 2.01. The highest BCUT2D eigenvalue weighted by Gasteiger charge is 2.23. The first-order valence-corrected chi connectivity index (χ1v) is 7.46. The first-order valence-electron chi connectivity index (χ1n) is 7.08. The zero-order chi connectivity index (χ0) is 17.6. The van der Waals surface area contributed by atoms with Gasteiger partial charge in [0.15, 0.2) is 17.5 Å². The number of rotatable bonds is 5. The fourth-order valence-electron chi connectivity index (χ4n) is 1.97. The Bertz CT molecular complexity index is 831. The van der Waals surface area contributed by atoms with Crippen molar-refractivity contribution in [2.24, 2.45) is 10.3 Å².